The second kappa shape index (κ2) is 9.20. The second-order valence-corrected chi connectivity index (χ2v) is 8.42. The zero-order valence-corrected chi connectivity index (χ0v) is 17.0. The van der Waals surface area contributed by atoms with Crippen molar-refractivity contribution in [3.63, 3.8) is 0 Å². The van der Waals surface area contributed by atoms with Crippen molar-refractivity contribution in [1.82, 2.24) is 9.80 Å². The molecule has 1 aliphatic carbocycles. The molecule has 2 aliphatic rings. The summed E-state index contributed by atoms with van der Waals surface area (Å²) in [5.41, 5.74) is 2.49. The average molecular weight is 361 g/mol. The van der Waals surface area contributed by atoms with Gasteiger partial charge in [0.1, 0.15) is 5.75 Å². The molecule has 1 unspecified atom stereocenters. The summed E-state index contributed by atoms with van der Waals surface area (Å²) in [4.78, 5) is 5.43. The molecule has 1 aliphatic heterocycles. The number of benzene rings is 1. The van der Waals surface area contributed by atoms with Crippen LogP contribution in [0.1, 0.15) is 44.2 Å². The van der Waals surface area contributed by atoms with Gasteiger partial charge in [0.05, 0.1) is 13.7 Å². The summed E-state index contributed by atoms with van der Waals surface area (Å²) in [7, 11) is 3.47. The highest BCUT2D eigenvalue weighted by molar-refractivity contribution is 5.37. The maximum Gasteiger partial charge on any atom is 0.124 e. The highest BCUT2D eigenvalue weighted by Crippen LogP contribution is 2.32. The van der Waals surface area contributed by atoms with E-state index >= 15 is 0 Å². The number of nitrogens with zero attached hydrogens (tertiary/aromatic N) is 2. The average Bonchev–Trinajstić information content (AvgIpc) is 3.44. The van der Waals surface area contributed by atoms with Crippen molar-refractivity contribution in [2.24, 2.45) is 11.8 Å². The fraction of sp³-hybridized carbons (Fsp3) is 0.727. The standard InChI is InChI=1S/C22H36N2O2/c1-17(2)21-15-23(10-5-11-24(21)14-18-6-7-18)13-19-8-9-22(26-4)20(12-19)16-25-3/h8-9,12,17-18,21H,5-7,10-11,13-16H2,1-4H3. The third-order valence-corrected chi connectivity index (χ3v) is 5.84. The predicted molar refractivity (Wildman–Crippen MR) is 107 cm³/mol. The number of hydrogen-bond acceptors (Lipinski definition) is 4. The lowest BCUT2D eigenvalue weighted by atomic mass is 10.0. The summed E-state index contributed by atoms with van der Waals surface area (Å²) in [6.07, 6.45) is 4.16. The van der Waals surface area contributed by atoms with Crippen LogP contribution in [0, 0.1) is 11.8 Å². The number of methoxy groups -OCH3 is 2. The zero-order valence-electron chi connectivity index (χ0n) is 17.0. The lowest BCUT2D eigenvalue weighted by Crippen LogP contribution is -2.45. The van der Waals surface area contributed by atoms with Gasteiger partial charge in [-0.3, -0.25) is 9.80 Å². The zero-order chi connectivity index (χ0) is 18.5. The minimum Gasteiger partial charge on any atom is -0.496 e. The Bertz CT molecular complexity index is 571. The second-order valence-electron chi connectivity index (χ2n) is 8.42. The van der Waals surface area contributed by atoms with E-state index in [1.807, 2.05) is 0 Å². The van der Waals surface area contributed by atoms with Gasteiger partial charge >= 0.3 is 0 Å². The van der Waals surface area contributed by atoms with Gasteiger partial charge in [-0.25, -0.2) is 0 Å². The summed E-state index contributed by atoms with van der Waals surface area (Å²) in [6, 6.07) is 7.21. The van der Waals surface area contributed by atoms with Crippen LogP contribution in [0.25, 0.3) is 0 Å². The first-order chi connectivity index (χ1) is 12.6. The maximum absolute atomic E-state index is 5.47. The molecule has 26 heavy (non-hydrogen) atoms. The van der Waals surface area contributed by atoms with Gasteiger partial charge < -0.3 is 9.47 Å². The molecule has 4 nitrogen and oxygen atoms in total. The van der Waals surface area contributed by atoms with Crippen molar-refractivity contribution >= 4 is 0 Å². The van der Waals surface area contributed by atoms with Crippen molar-refractivity contribution < 1.29 is 9.47 Å². The van der Waals surface area contributed by atoms with E-state index in [2.05, 4.69) is 41.8 Å². The van der Waals surface area contributed by atoms with Gasteiger partial charge in [-0.15, -0.1) is 0 Å². The molecule has 1 aromatic carbocycles. The number of hydrogen-bond donors (Lipinski definition) is 0. The Labute approximate surface area is 159 Å². The molecule has 0 radical (unpaired) electrons. The van der Waals surface area contributed by atoms with E-state index < -0.39 is 0 Å². The largest absolute Gasteiger partial charge is 0.496 e. The predicted octanol–water partition coefficient (Wildman–Crippen LogP) is 3.78. The Kier molecular flexibility index (Phi) is 6.96. The summed E-state index contributed by atoms with van der Waals surface area (Å²) < 4.78 is 10.8. The van der Waals surface area contributed by atoms with Crippen LogP contribution in [0.5, 0.6) is 5.75 Å². The normalized spacial score (nSPS) is 22.6. The number of ether oxygens (including phenoxy) is 2. The van der Waals surface area contributed by atoms with Gasteiger partial charge in [0, 0.05) is 38.3 Å². The first-order valence-electron chi connectivity index (χ1n) is 10.2. The molecule has 0 N–H and O–H groups in total. The molecule has 1 saturated heterocycles. The summed E-state index contributed by atoms with van der Waals surface area (Å²) >= 11 is 0. The molecule has 4 heteroatoms. The van der Waals surface area contributed by atoms with Gasteiger partial charge in [0.2, 0.25) is 0 Å². The summed E-state index contributed by atoms with van der Waals surface area (Å²) in [5.74, 6) is 2.59. The van der Waals surface area contributed by atoms with Crippen LogP contribution in [0.4, 0.5) is 0 Å². The van der Waals surface area contributed by atoms with Crippen LogP contribution < -0.4 is 4.74 Å². The van der Waals surface area contributed by atoms with Crippen LogP contribution in [-0.2, 0) is 17.9 Å². The third-order valence-electron chi connectivity index (χ3n) is 5.84. The quantitative estimate of drug-likeness (QED) is 0.704. The molecule has 0 amide bonds. The fourth-order valence-corrected chi connectivity index (χ4v) is 4.23. The SMILES string of the molecule is COCc1cc(CN2CCCN(CC3CC3)C(C(C)C)C2)ccc1OC. The first-order valence-corrected chi connectivity index (χ1v) is 10.2. The molecule has 0 bridgehead atoms. The molecule has 1 atom stereocenters. The highest BCUT2D eigenvalue weighted by Gasteiger charge is 2.32. The van der Waals surface area contributed by atoms with Gasteiger partial charge in [-0.05, 0) is 61.9 Å². The Morgan fingerprint density at radius 3 is 2.62 bits per heavy atom. The Hall–Kier alpha value is -1.10. The minimum atomic E-state index is 0.598. The van der Waals surface area contributed by atoms with E-state index in [1.54, 1.807) is 14.2 Å². The molecule has 1 heterocycles. The monoisotopic (exact) mass is 360 g/mol. The van der Waals surface area contributed by atoms with Crippen LogP contribution in [0.15, 0.2) is 18.2 Å². The molecule has 1 aromatic rings. The molecule has 146 valence electrons. The Morgan fingerprint density at radius 2 is 1.96 bits per heavy atom. The Balaban J connectivity index is 1.67. The molecular weight excluding hydrogens is 324 g/mol. The molecular formula is C22H36N2O2. The van der Waals surface area contributed by atoms with Crippen LogP contribution in [-0.4, -0.2) is 56.2 Å². The lowest BCUT2D eigenvalue weighted by Gasteiger charge is -2.34. The van der Waals surface area contributed by atoms with Gasteiger partial charge in [0.15, 0.2) is 0 Å². The molecule has 3 rings (SSSR count). The summed E-state index contributed by atoms with van der Waals surface area (Å²) in [5, 5.41) is 0. The molecule has 0 aromatic heterocycles. The van der Waals surface area contributed by atoms with Crippen molar-refractivity contribution in [3.05, 3.63) is 29.3 Å². The smallest absolute Gasteiger partial charge is 0.124 e. The highest BCUT2D eigenvalue weighted by atomic mass is 16.5. The van der Waals surface area contributed by atoms with E-state index in [-0.39, 0.29) is 0 Å². The fourth-order valence-electron chi connectivity index (χ4n) is 4.23. The molecule has 2 fully saturated rings. The van der Waals surface area contributed by atoms with E-state index in [0.717, 1.165) is 23.8 Å². The van der Waals surface area contributed by atoms with Crippen molar-refractivity contribution in [2.75, 3.05) is 40.4 Å². The topological polar surface area (TPSA) is 24.9 Å². The van der Waals surface area contributed by atoms with E-state index in [4.69, 9.17) is 9.47 Å². The van der Waals surface area contributed by atoms with E-state index in [9.17, 15) is 0 Å². The van der Waals surface area contributed by atoms with E-state index in [0.29, 0.717) is 18.6 Å². The molecule has 0 spiro atoms. The van der Waals surface area contributed by atoms with E-state index in [1.165, 1.54) is 51.0 Å². The maximum atomic E-state index is 5.47. The lowest BCUT2D eigenvalue weighted by molar-refractivity contribution is 0.132. The number of rotatable bonds is 8. The van der Waals surface area contributed by atoms with Crippen LogP contribution >= 0.6 is 0 Å². The van der Waals surface area contributed by atoms with Crippen molar-refractivity contribution in [1.29, 1.82) is 0 Å². The van der Waals surface area contributed by atoms with Gasteiger partial charge in [-0.1, -0.05) is 19.9 Å². The van der Waals surface area contributed by atoms with Gasteiger partial charge in [-0.2, -0.15) is 0 Å². The van der Waals surface area contributed by atoms with Crippen molar-refractivity contribution in [2.45, 2.75) is 52.3 Å². The summed E-state index contributed by atoms with van der Waals surface area (Å²) in [6.45, 7) is 11.3. The molecule has 1 saturated carbocycles. The van der Waals surface area contributed by atoms with Gasteiger partial charge in [0.25, 0.3) is 0 Å². The van der Waals surface area contributed by atoms with Crippen LogP contribution in [0.2, 0.25) is 0 Å². The van der Waals surface area contributed by atoms with Crippen molar-refractivity contribution in [3.8, 4) is 5.75 Å². The third kappa shape index (κ3) is 5.21. The Morgan fingerprint density at radius 1 is 1.15 bits per heavy atom. The first kappa shape index (κ1) is 19.7. The minimum absolute atomic E-state index is 0.598. The van der Waals surface area contributed by atoms with Crippen LogP contribution in [0.3, 0.4) is 0 Å².